The summed E-state index contributed by atoms with van der Waals surface area (Å²) in [6.45, 7) is 8.11. The summed E-state index contributed by atoms with van der Waals surface area (Å²) in [6, 6.07) is 10.9. The molecule has 1 saturated heterocycles. The number of benzene rings is 1. The van der Waals surface area contributed by atoms with E-state index in [1.807, 2.05) is 6.92 Å². The maximum absolute atomic E-state index is 5.57. The van der Waals surface area contributed by atoms with E-state index in [4.69, 9.17) is 4.74 Å². The molecule has 1 N–H and O–H groups in total. The van der Waals surface area contributed by atoms with Crippen LogP contribution in [-0.2, 0) is 17.9 Å². The van der Waals surface area contributed by atoms with E-state index in [1.54, 1.807) is 0 Å². The van der Waals surface area contributed by atoms with Crippen LogP contribution in [0.5, 0.6) is 0 Å². The van der Waals surface area contributed by atoms with Gasteiger partial charge in [-0.1, -0.05) is 24.3 Å². The lowest BCUT2D eigenvalue weighted by atomic mass is 10.1. The van der Waals surface area contributed by atoms with Crippen LogP contribution in [0.15, 0.2) is 24.3 Å². The standard InChI is InChI=1S/C18H28N2O/c1-3-21-13-16-7-5-4-6-15(16)11-19-17-10-14(2)20(12-17)18-8-9-18/h4-7,14,17-19H,3,8-13H2,1-2H3. The molecule has 0 radical (unpaired) electrons. The zero-order chi connectivity index (χ0) is 14.7. The largest absolute Gasteiger partial charge is 0.377 e. The number of likely N-dealkylation sites (tertiary alicyclic amines) is 1. The van der Waals surface area contributed by atoms with E-state index in [0.29, 0.717) is 6.04 Å². The SMILES string of the molecule is CCOCc1ccccc1CNC1CC(C)N(C2CC2)C1. The van der Waals surface area contributed by atoms with Gasteiger partial charge in [-0.25, -0.2) is 0 Å². The van der Waals surface area contributed by atoms with Crippen LogP contribution in [0.3, 0.4) is 0 Å². The third-order valence-electron chi connectivity index (χ3n) is 4.80. The minimum Gasteiger partial charge on any atom is -0.377 e. The second kappa shape index (κ2) is 6.91. The van der Waals surface area contributed by atoms with Crippen LogP contribution in [0.25, 0.3) is 0 Å². The molecule has 2 atom stereocenters. The number of nitrogens with zero attached hydrogens (tertiary/aromatic N) is 1. The molecule has 0 bridgehead atoms. The molecular formula is C18H28N2O. The third-order valence-corrected chi connectivity index (χ3v) is 4.80. The van der Waals surface area contributed by atoms with Crippen molar-refractivity contribution in [3.63, 3.8) is 0 Å². The van der Waals surface area contributed by atoms with Gasteiger partial charge in [0.05, 0.1) is 6.61 Å². The normalized spacial score (nSPS) is 26.4. The fraction of sp³-hybridized carbons (Fsp3) is 0.667. The second-order valence-corrected chi connectivity index (χ2v) is 6.50. The van der Waals surface area contributed by atoms with Crippen LogP contribution < -0.4 is 5.32 Å². The quantitative estimate of drug-likeness (QED) is 0.835. The van der Waals surface area contributed by atoms with Crippen LogP contribution in [-0.4, -0.2) is 36.2 Å². The summed E-state index contributed by atoms with van der Waals surface area (Å²) in [7, 11) is 0. The van der Waals surface area contributed by atoms with Crippen LogP contribution in [0.2, 0.25) is 0 Å². The van der Waals surface area contributed by atoms with Crippen molar-refractivity contribution in [1.82, 2.24) is 10.2 Å². The first-order chi connectivity index (χ1) is 10.3. The van der Waals surface area contributed by atoms with Crippen molar-refractivity contribution in [3.8, 4) is 0 Å². The summed E-state index contributed by atoms with van der Waals surface area (Å²) in [5.74, 6) is 0. The Morgan fingerprint density at radius 1 is 1.24 bits per heavy atom. The van der Waals surface area contributed by atoms with Gasteiger partial charge in [-0.15, -0.1) is 0 Å². The number of nitrogens with one attached hydrogen (secondary N) is 1. The lowest BCUT2D eigenvalue weighted by molar-refractivity contribution is 0.133. The third kappa shape index (κ3) is 3.85. The highest BCUT2D eigenvalue weighted by Gasteiger charge is 2.38. The Morgan fingerprint density at radius 3 is 2.71 bits per heavy atom. The van der Waals surface area contributed by atoms with Crippen LogP contribution in [0.1, 0.15) is 44.2 Å². The van der Waals surface area contributed by atoms with E-state index in [9.17, 15) is 0 Å². The molecule has 2 fully saturated rings. The van der Waals surface area contributed by atoms with Gasteiger partial charge in [-0.3, -0.25) is 4.90 Å². The molecule has 21 heavy (non-hydrogen) atoms. The van der Waals surface area contributed by atoms with Gasteiger partial charge in [0.1, 0.15) is 0 Å². The fourth-order valence-corrected chi connectivity index (χ4v) is 3.46. The van der Waals surface area contributed by atoms with Gasteiger partial charge in [-0.2, -0.15) is 0 Å². The van der Waals surface area contributed by atoms with E-state index >= 15 is 0 Å². The minimum absolute atomic E-state index is 0.640. The molecule has 1 saturated carbocycles. The van der Waals surface area contributed by atoms with E-state index in [1.165, 1.54) is 36.9 Å². The molecule has 1 aliphatic heterocycles. The maximum Gasteiger partial charge on any atom is 0.0719 e. The zero-order valence-electron chi connectivity index (χ0n) is 13.3. The Kier molecular flexibility index (Phi) is 4.94. The predicted octanol–water partition coefficient (Wildman–Crippen LogP) is 2.94. The molecule has 116 valence electrons. The smallest absolute Gasteiger partial charge is 0.0719 e. The van der Waals surface area contributed by atoms with E-state index in [0.717, 1.165) is 31.8 Å². The molecule has 1 heterocycles. The number of hydrogen-bond acceptors (Lipinski definition) is 3. The summed E-state index contributed by atoms with van der Waals surface area (Å²) in [4.78, 5) is 2.70. The highest BCUT2D eigenvalue weighted by molar-refractivity contribution is 5.26. The van der Waals surface area contributed by atoms with Crippen molar-refractivity contribution in [2.75, 3.05) is 13.2 Å². The predicted molar refractivity (Wildman–Crippen MR) is 86.2 cm³/mol. The zero-order valence-corrected chi connectivity index (χ0v) is 13.3. The topological polar surface area (TPSA) is 24.5 Å². The van der Waals surface area contributed by atoms with Gasteiger partial charge in [-0.05, 0) is 44.2 Å². The molecule has 2 unspecified atom stereocenters. The summed E-state index contributed by atoms with van der Waals surface area (Å²) in [5.41, 5.74) is 2.69. The highest BCUT2D eigenvalue weighted by atomic mass is 16.5. The van der Waals surface area contributed by atoms with Gasteiger partial charge in [0.25, 0.3) is 0 Å². The molecule has 0 aromatic heterocycles. The molecular weight excluding hydrogens is 260 g/mol. The molecule has 3 nitrogen and oxygen atoms in total. The van der Waals surface area contributed by atoms with E-state index in [2.05, 4.69) is 41.4 Å². The summed E-state index contributed by atoms with van der Waals surface area (Å²) in [5, 5.41) is 3.76. The highest BCUT2D eigenvalue weighted by Crippen LogP contribution is 2.33. The van der Waals surface area contributed by atoms with Crippen molar-refractivity contribution in [1.29, 1.82) is 0 Å². The van der Waals surface area contributed by atoms with Gasteiger partial charge in [0.2, 0.25) is 0 Å². The first-order valence-electron chi connectivity index (χ1n) is 8.41. The molecule has 0 amide bonds. The molecule has 1 aliphatic carbocycles. The fourth-order valence-electron chi connectivity index (χ4n) is 3.46. The van der Waals surface area contributed by atoms with Crippen LogP contribution >= 0.6 is 0 Å². The lowest BCUT2D eigenvalue weighted by Crippen LogP contribution is -2.34. The lowest BCUT2D eigenvalue weighted by Gasteiger charge is -2.20. The van der Waals surface area contributed by atoms with E-state index in [-0.39, 0.29) is 0 Å². The number of rotatable bonds is 7. The first-order valence-corrected chi connectivity index (χ1v) is 8.41. The second-order valence-electron chi connectivity index (χ2n) is 6.50. The Balaban J connectivity index is 1.53. The van der Waals surface area contributed by atoms with Gasteiger partial charge in [0, 0.05) is 37.8 Å². The average molecular weight is 288 g/mol. The molecule has 1 aromatic carbocycles. The average Bonchev–Trinajstić information content (AvgIpc) is 3.27. The maximum atomic E-state index is 5.57. The van der Waals surface area contributed by atoms with Crippen molar-refractivity contribution in [2.24, 2.45) is 0 Å². The van der Waals surface area contributed by atoms with Crippen LogP contribution in [0, 0.1) is 0 Å². The number of ether oxygens (including phenoxy) is 1. The van der Waals surface area contributed by atoms with Gasteiger partial charge >= 0.3 is 0 Å². The van der Waals surface area contributed by atoms with Gasteiger partial charge in [0.15, 0.2) is 0 Å². The monoisotopic (exact) mass is 288 g/mol. The van der Waals surface area contributed by atoms with Crippen molar-refractivity contribution in [3.05, 3.63) is 35.4 Å². The Bertz CT molecular complexity index is 458. The van der Waals surface area contributed by atoms with Gasteiger partial charge < -0.3 is 10.1 Å². The Morgan fingerprint density at radius 2 is 2.00 bits per heavy atom. The van der Waals surface area contributed by atoms with Crippen molar-refractivity contribution < 1.29 is 4.74 Å². The molecule has 1 aromatic rings. The Hall–Kier alpha value is -0.900. The Labute approximate surface area is 128 Å². The molecule has 3 rings (SSSR count). The number of hydrogen-bond donors (Lipinski definition) is 1. The first kappa shape index (κ1) is 15.0. The van der Waals surface area contributed by atoms with E-state index < -0.39 is 0 Å². The molecule has 2 aliphatic rings. The van der Waals surface area contributed by atoms with Crippen LogP contribution in [0.4, 0.5) is 0 Å². The molecule has 3 heteroatoms. The molecule has 0 spiro atoms. The summed E-state index contributed by atoms with van der Waals surface area (Å²) < 4.78 is 5.57. The van der Waals surface area contributed by atoms with Crippen molar-refractivity contribution >= 4 is 0 Å². The van der Waals surface area contributed by atoms with Crippen molar-refractivity contribution in [2.45, 2.75) is 64.4 Å². The summed E-state index contributed by atoms with van der Waals surface area (Å²) >= 11 is 0. The summed E-state index contributed by atoms with van der Waals surface area (Å²) in [6.07, 6.45) is 4.10. The minimum atomic E-state index is 0.640.